The second-order valence-corrected chi connectivity index (χ2v) is 5.04. The van der Waals surface area contributed by atoms with Crippen LogP contribution < -0.4 is 4.74 Å². The van der Waals surface area contributed by atoms with Gasteiger partial charge in [-0.1, -0.05) is 54.6 Å². The maximum Gasteiger partial charge on any atom is 0.127 e. The lowest BCUT2D eigenvalue weighted by Gasteiger charge is -2.18. The molecular formula is C20H18O. The number of para-hydroxylation sites is 1. The predicted molar refractivity (Wildman–Crippen MR) is 88.1 cm³/mol. The molecule has 0 spiro atoms. The predicted octanol–water partition coefficient (Wildman–Crippen LogP) is 5.11. The minimum Gasteiger partial charge on any atom is -0.493 e. The molecule has 21 heavy (non-hydrogen) atoms. The first kappa shape index (κ1) is 13.5. The topological polar surface area (TPSA) is 9.23 Å². The van der Waals surface area contributed by atoms with E-state index in [1.165, 1.54) is 16.7 Å². The normalized spacial score (nSPS) is 12.9. The van der Waals surface area contributed by atoms with Gasteiger partial charge in [-0.15, -0.1) is 12.3 Å². The molecular weight excluding hydrogens is 256 g/mol. The first-order valence-electron chi connectivity index (χ1n) is 7.25. The molecule has 0 radical (unpaired) electrons. The van der Waals surface area contributed by atoms with E-state index >= 15 is 0 Å². The van der Waals surface area contributed by atoms with Gasteiger partial charge >= 0.3 is 0 Å². The Labute approximate surface area is 125 Å². The van der Waals surface area contributed by atoms with Crippen LogP contribution in [0.4, 0.5) is 0 Å². The molecule has 0 fully saturated rings. The van der Waals surface area contributed by atoms with Gasteiger partial charge in [-0.2, -0.15) is 0 Å². The summed E-state index contributed by atoms with van der Waals surface area (Å²) in [6.45, 7) is 4.59. The largest absolute Gasteiger partial charge is 0.493 e. The Hall–Kier alpha value is -2.50. The molecule has 0 saturated heterocycles. The Morgan fingerprint density at radius 3 is 2.67 bits per heavy atom. The van der Waals surface area contributed by atoms with Crippen LogP contribution in [0, 0.1) is 0 Å². The lowest BCUT2D eigenvalue weighted by atomic mass is 9.97. The summed E-state index contributed by atoms with van der Waals surface area (Å²) in [5, 5.41) is 0. The number of benzene rings is 2. The number of rotatable bonds is 3. The van der Waals surface area contributed by atoms with Crippen LogP contribution in [0.3, 0.4) is 0 Å². The fraction of sp³-hybridized carbons (Fsp3) is 0.150. The fourth-order valence-corrected chi connectivity index (χ4v) is 2.58. The van der Waals surface area contributed by atoms with Crippen molar-refractivity contribution in [1.29, 1.82) is 0 Å². The summed E-state index contributed by atoms with van der Waals surface area (Å²) in [5.41, 5.74) is 8.37. The van der Waals surface area contributed by atoms with Crippen molar-refractivity contribution in [3.05, 3.63) is 84.1 Å². The van der Waals surface area contributed by atoms with Crippen molar-refractivity contribution in [2.75, 3.05) is 6.61 Å². The molecule has 0 unspecified atom stereocenters. The van der Waals surface area contributed by atoms with E-state index in [1.54, 1.807) is 0 Å². The third kappa shape index (κ3) is 2.99. The zero-order valence-corrected chi connectivity index (χ0v) is 12.0. The molecule has 1 aliphatic heterocycles. The number of ether oxygens (including phenoxy) is 1. The molecule has 0 amide bonds. The van der Waals surface area contributed by atoms with Crippen molar-refractivity contribution >= 4 is 11.1 Å². The zero-order valence-electron chi connectivity index (χ0n) is 12.0. The van der Waals surface area contributed by atoms with E-state index in [9.17, 15) is 0 Å². The lowest BCUT2D eigenvalue weighted by Crippen LogP contribution is -2.06. The molecule has 0 aromatic heterocycles. The number of fused-ring (bicyclic) bond motifs is 1. The molecule has 0 atom stereocenters. The van der Waals surface area contributed by atoms with Gasteiger partial charge in [0.15, 0.2) is 0 Å². The van der Waals surface area contributed by atoms with E-state index in [0.29, 0.717) is 0 Å². The maximum atomic E-state index is 5.71. The molecule has 0 saturated carbocycles. The van der Waals surface area contributed by atoms with Crippen molar-refractivity contribution in [1.82, 2.24) is 0 Å². The van der Waals surface area contributed by atoms with Gasteiger partial charge in [0, 0.05) is 23.1 Å². The molecule has 0 aliphatic carbocycles. The maximum absolute atomic E-state index is 5.71. The summed E-state index contributed by atoms with van der Waals surface area (Å²) in [4.78, 5) is 0. The van der Waals surface area contributed by atoms with Crippen LogP contribution >= 0.6 is 0 Å². The highest BCUT2D eigenvalue weighted by molar-refractivity contribution is 5.78. The van der Waals surface area contributed by atoms with E-state index < -0.39 is 0 Å². The van der Waals surface area contributed by atoms with Crippen LogP contribution in [0.1, 0.15) is 24.0 Å². The summed E-state index contributed by atoms with van der Waals surface area (Å²) >= 11 is 0. The molecule has 1 aliphatic rings. The number of hydrogen-bond donors (Lipinski definition) is 0. The van der Waals surface area contributed by atoms with E-state index in [4.69, 9.17) is 4.74 Å². The van der Waals surface area contributed by atoms with Crippen LogP contribution in [0.25, 0.3) is 11.1 Å². The molecule has 0 bridgehead atoms. The monoisotopic (exact) mass is 274 g/mol. The third-order valence-corrected chi connectivity index (χ3v) is 3.59. The smallest absolute Gasteiger partial charge is 0.127 e. The Kier molecular flexibility index (Phi) is 4.04. The number of allylic oxidation sites excluding steroid dienone is 1. The first-order valence-corrected chi connectivity index (χ1v) is 7.25. The molecule has 2 aromatic carbocycles. The zero-order chi connectivity index (χ0) is 14.5. The highest BCUT2D eigenvalue weighted by Gasteiger charge is 2.14. The van der Waals surface area contributed by atoms with Gasteiger partial charge in [0.25, 0.3) is 0 Å². The van der Waals surface area contributed by atoms with E-state index in [0.717, 1.165) is 30.8 Å². The van der Waals surface area contributed by atoms with Crippen molar-refractivity contribution < 1.29 is 4.74 Å². The fourth-order valence-electron chi connectivity index (χ4n) is 2.58. The van der Waals surface area contributed by atoms with Gasteiger partial charge in [0.2, 0.25) is 0 Å². The van der Waals surface area contributed by atoms with Crippen LogP contribution in [0.15, 0.2) is 73.0 Å². The van der Waals surface area contributed by atoms with Crippen molar-refractivity contribution in [3.8, 4) is 5.75 Å². The summed E-state index contributed by atoms with van der Waals surface area (Å²) in [7, 11) is 0. The van der Waals surface area contributed by atoms with Crippen LogP contribution in [0.5, 0.6) is 5.75 Å². The molecule has 2 aromatic rings. The van der Waals surface area contributed by atoms with Gasteiger partial charge in [-0.05, 0) is 18.1 Å². The Bertz CT molecular complexity index is 704. The molecule has 1 heterocycles. The first-order chi connectivity index (χ1) is 10.4. The summed E-state index contributed by atoms with van der Waals surface area (Å²) < 4.78 is 5.71. The van der Waals surface area contributed by atoms with Gasteiger partial charge in [-0.3, -0.25) is 0 Å². The van der Waals surface area contributed by atoms with Crippen molar-refractivity contribution in [2.45, 2.75) is 12.8 Å². The van der Waals surface area contributed by atoms with Gasteiger partial charge in [-0.25, -0.2) is 0 Å². The molecule has 1 nitrogen and oxygen atoms in total. The number of hydrogen-bond acceptors (Lipinski definition) is 1. The van der Waals surface area contributed by atoms with E-state index in [-0.39, 0.29) is 0 Å². The highest BCUT2D eigenvalue weighted by atomic mass is 16.5. The van der Waals surface area contributed by atoms with Gasteiger partial charge in [0.05, 0.1) is 6.61 Å². The molecule has 1 heteroatoms. The molecule has 104 valence electrons. The van der Waals surface area contributed by atoms with E-state index in [2.05, 4.69) is 42.6 Å². The van der Waals surface area contributed by atoms with E-state index in [1.807, 2.05) is 30.3 Å². The van der Waals surface area contributed by atoms with Crippen LogP contribution in [-0.4, -0.2) is 6.61 Å². The minimum atomic E-state index is 0.718. The molecule has 0 N–H and O–H groups in total. The second-order valence-electron chi connectivity index (χ2n) is 5.04. The van der Waals surface area contributed by atoms with Gasteiger partial charge in [0.1, 0.15) is 5.75 Å². The second kappa shape index (κ2) is 6.30. The quantitative estimate of drug-likeness (QED) is 0.558. The van der Waals surface area contributed by atoms with Crippen LogP contribution in [-0.2, 0) is 0 Å². The average Bonchev–Trinajstić information content (AvgIpc) is 2.55. The molecule has 3 rings (SSSR count). The summed E-state index contributed by atoms with van der Waals surface area (Å²) in [6, 6.07) is 18.6. The minimum absolute atomic E-state index is 0.718. The summed E-state index contributed by atoms with van der Waals surface area (Å²) in [5.74, 6) is 0.956. The third-order valence-electron chi connectivity index (χ3n) is 3.59. The SMILES string of the molecule is C=CCC(=C=C1CCOc2ccccc21)c1ccccc1. The van der Waals surface area contributed by atoms with Crippen molar-refractivity contribution in [3.63, 3.8) is 0 Å². The van der Waals surface area contributed by atoms with Crippen molar-refractivity contribution in [2.24, 2.45) is 0 Å². The highest BCUT2D eigenvalue weighted by Crippen LogP contribution is 2.33. The van der Waals surface area contributed by atoms with Gasteiger partial charge < -0.3 is 4.74 Å². The van der Waals surface area contributed by atoms with Crippen LogP contribution in [0.2, 0.25) is 0 Å². The standard InChI is InChI=1S/C20H18O/c1-2-8-17(16-9-4-3-5-10-16)15-18-13-14-21-20-12-7-6-11-19(18)20/h2-7,9-12H,1,8,13-14H2. The lowest BCUT2D eigenvalue weighted by molar-refractivity contribution is 0.316. The summed E-state index contributed by atoms with van der Waals surface area (Å²) in [6.07, 6.45) is 3.64. The Morgan fingerprint density at radius 1 is 1.10 bits per heavy atom. The average molecular weight is 274 g/mol. The Balaban J connectivity index is 2.14. The Morgan fingerprint density at radius 2 is 1.86 bits per heavy atom.